The van der Waals surface area contributed by atoms with Gasteiger partial charge in [-0.2, -0.15) is 0 Å². The predicted molar refractivity (Wildman–Crippen MR) is 44.9 cm³/mol. The van der Waals surface area contributed by atoms with Gasteiger partial charge in [-0.15, -0.1) is 0 Å². The summed E-state index contributed by atoms with van der Waals surface area (Å²) < 4.78 is 0. The zero-order chi connectivity index (χ0) is 7.68. The van der Waals surface area contributed by atoms with E-state index in [-0.39, 0.29) is 6.61 Å². The van der Waals surface area contributed by atoms with Crippen LogP contribution in [0.3, 0.4) is 0 Å². The van der Waals surface area contributed by atoms with Crippen LogP contribution in [-0.4, -0.2) is 23.2 Å². The zero-order valence-electron chi connectivity index (χ0n) is 6.16. The molecular weight excluding hydrogens is 160 g/mol. The van der Waals surface area contributed by atoms with Gasteiger partial charge in [-0.25, -0.2) is 4.98 Å². The van der Waals surface area contributed by atoms with Crippen LogP contribution >= 0.6 is 11.3 Å². The van der Waals surface area contributed by atoms with E-state index in [2.05, 4.69) is 9.88 Å². The van der Waals surface area contributed by atoms with E-state index in [1.54, 1.807) is 17.5 Å². The molecule has 2 rings (SSSR count). The van der Waals surface area contributed by atoms with Crippen LogP contribution in [0, 0.1) is 0 Å². The minimum Gasteiger partial charge on any atom is -0.391 e. The van der Waals surface area contributed by atoms with Gasteiger partial charge >= 0.3 is 0 Å². The fourth-order valence-electron chi connectivity index (χ4n) is 1.02. The molecule has 0 aromatic carbocycles. The highest BCUT2D eigenvalue weighted by Crippen LogP contribution is 2.25. The van der Waals surface area contributed by atoms with Crippen molar-refractivity contribution in [1.29, 1.82) is 0 Å². The van der Waals surface area contributed by atoms with Crippen LogP contribution in [0.2, 0.25) is 0 Å². The van der Waals surface area contributed by atoms with Gasteiger partial charge in [0.05, 0.1) is 11.5 Å². The first-order chi connectivity index (χ1) is 5.40. The third-order valence-electron chi connectivity index (χ3n) is 1.82. The van der Waals surface area contributed by atoms with Gasteiger partial charge in [0.2, 0.25) is 0 Å². The molecule has 2 heterocycles. The van der Waals surface area contributed by atoms with Crippen molar-refractivity contribution in [1.82, 2.24) is 4.98 Å². The molecule has 60 valence electrons. The number of aliphatic hydroxyl groups is 1. The molecule has 0 aliphatic carbocycles. The van der Waals surface area contributed by atoms with E-state index in [0.717, 1.165) is 23.1 Å². The Morgan fingerprint density at radius 3 is 2.91 bits per heavy atom. The van der Waals surface area contributed by atoms with E-state index >= 15 is 0 Å². The summed E-state index contributed by atoms with van der Waals surface area (Å²) in [5.41, 5.74) is 0. The van der Waals surface area contributed by atoms with Gasteiger partial charge < -0.3 is 10.0 Å². The molecular formula is C7H10N2OS. The maximum Gasteiger partial charge on any atom is 0.185 e. The summed E-state index contributed by atoms with van der Waals surface area (Å²) in [4.78, 5) is 7.37. The molecule has 1 aliphatic heterocycles. The Bertz CT molecular complexity index is 244. The summed E-state index contributed by atoms with van der Waals surface area (Å²) in [6.07, 6.45) is 3.02. The van der Waals surface area contributed by atoms with Gasteiger partial charge in [0.1, 0.15) is 0 Å². The molecule has 0 amide bonds. The second-order valence-corrected chi connectivity index (χ2v) is 3.70. The van der Waals surface area contributed by atoms with Gasteiger partial charge in [0.25, 0.3) is 0 Å². The first-order valence-electron chi connectivity index (χ1n) is 3.70. The largest absolute Gasteiger partial charge is 0.391 e. The third kappa shape index (κ3) is 1.23. The summed E-state index contributed by atoms with van der Waals surface area (Å²) in [5.74, 6) is 0. The number of hydrogen-bond acceptors (Lipinski definition) is 4. The highest BCUT2D eigenvalue weighted by atomic mass is 32.1. The number of aliphatic hydroxyl groups excluding tert-OH is 1. The second-order valence-electron chi connectivity index (χ2n) is 2.61. The number of aromatic nitrogens is 1. The fourth-order valence-corrected chi connectivity index (χ4v) is 1.85. The Hall–Kier alpha value is -0.610. The summed E-state index contributed by atoms with van der Waals surface area (Å²) in [6.45, 7) is 2.36. The van der Waals surface area contributed by atoms with Gasteiger partial charge in [0.15, 0.2) is 5.13 Å². The molecule has 1 saturated heterocycles. The Balaban J connectivity index is 2.11. The number of nitrogens with zero attached hydrogens (tertiary/aromatic N) is 2. The van der Waals surface area contributed by atoms with E-state index < -0.39 is 0 Å². The molecule has 3 nitrogen and oxygen atoms in total. The Labute approximate surface area is 69.3 Å². The van der Waals surface area contributed by atoms with Crippen LogP contribution < -0.4 is 4.90 Å². The average Bonchev–Trinajstić information content (AvgIpc) is 2.32. The Morgan fingerprint density at radius 2 is 2.45 bits per heavy atom. The Morgan fingerprint density at radius 1 is 1.64 bits per heavy atom. The van der Waals surface area contributed by atoms with Crippen molar-refractivity contribution in [3.63, 3.8) is 0 Å². The van der Waals surface area contributed by atoms with Crippen molar-refractivity contribution >= 4 is 16.5 Å². The second kappa shape index (κ2) is 2.79. The first-order valence-corrected chi connectivity index (χ1v) is 4.52. The van der Waals surface area contributed by atoms with Crippen molar-refractivity contribution in [2.24, 2.45) is 0 Å². The smallest absolute Gasteiger partial charge is 0.185 e. The van der Waals surface area contributed by atoms with Crippen molar-refractivity contribution in [2.45, 2.75) is 13.0 Å². The van der Waals surface area contributed by atoms with Crippen molar-refractivity contribution in [3.8, 4) is 0 Å². The van der Waals surface area contributed by atoms with Gasteiger partial charge in [0, 0.05) is 19.3 Å². The topological polar surface area (TPSA) is 36.4 Å². The molecule has 0 atom stereocenters. The highest BCUT2D eigenvalue weighted by molar-refractivity contribution is 7.15. The SMILES string of the molecule is OCc1cnc(N2CCC2)s1. The molecule has 0 radical (unpaired) electrons. The summed E-state index contributed by atoms with van der Waals surface area (Å²) in [7, 11) is 0. The summed E-state index contributed by atoms with van der Waals surface area (Å²) in [6, 6.07) is 0. The molecule has 1 fully saturated rings. The molecule has 1 N–H and O–H groups in total. The van der Waals surface area contributed by atoms with E-state index in [4.69, 9.17) is 5.11 Å². The van der Waals surface area contributed by atoms with E-state index in [1.807, 2.05) is 0 Å². The quantitative estimate of drug-likeness (QED) is 0.714. The lowest BCUT2D eigenvalue weighted by Gasteiger charge is -2.30. The van der Waals surface area contributed by atoms with Gasteiger partial charge in [-0.3, -0.25) is 0 Å². The molecule has 0 spiro atoms. The van der Waals surface area contributed by atoms with Crippen LogP contribution in [0.5, 0.6) is 0 Å². The fraction of sp³-hybridized carbons (Fsp3) is 0.571. The molecule has 0 bridgehead atoms. The van der Waals surface area contributed by atoms with Gasteiger partial charge in [-0.05, 0) is 6.42 Å². The Kier molecular flexibility index (Phi) is 1.79. The predicted octanol–water partition coefficient (Wildman–Crippen LogP) is 0.845. The van der Waals surface area contributed by atoms with Crippen molar-refractivity contribution in [2.75, 3.05) is 18.0 Å². The lowest BCUT2D eigenvalue weighted by molar-refractivity contribution is 0.285. The van der Waals surface area contributed by atoms with Crippen molar-refractivity contribution < 1.29 is 5.11 Å². The number of thiazole rings is 1. The van der Waals surface area contributed by atoms with Crippen LogP contribution in [-0.2, 0) is 6.61 Å². The summed E-state index contributed by atoms with van der Waals surface area (Å²) in [5, 5.41) is 9.83. The molecule has 1 aliphatic rings. The van der Waals surface area contributed by atoms with Crippen molar-refractivity contribution in [3.05, 3.63) is 11.1 Å². The zero-order valence-corrected chi connectivity index (χ0v) is 6.97. The van der Waals surface area contributed by atoms with Gasteiger partial charge in [-0.1, -0.05) is 11.3 Å². The summed E-state index contributed by atoms with van der Waals surface area (Å²) >= 11 is 1.58. The molecule has 0 saturated carbocycles. The lowest BCUT2D eigenvalue weighted by atomic mass is 10.2. The van der Waals surface area contributed by atoms with E-state index in [9.17, 15) is 0 Å². The van der Waals surface area contributed by atoms with E-state index in [1.165, 1.54) is 6.42 Å². The molecule has 1 aromatic rings. The average molecular weight is 170 g/mol. The third-order valence-corrected chi connectivity index (χ3v) is 2.87. The standard InChI is InChI=1S/C7H10N2OS/c10-5-6-4-8-7(11-6)9-2-1-3-9/h4,10H,1-3,5H2. The molecule has 11 heavy (non-hydrogen) atoms. The maximum absolute atomic E-state index is 8.78. The van der Waals surface area contributed by atoms with E-state index in [0.29, 0.717) is 0 Å². The van der Waals surface area contributed by atoms with Crippen LogP contribution in [0.25, 0.3) is 0 Å². The number of rotatable bonds is 2. The highest BCUT2D eigenvalue weighted by Gasteiger charge is 2.17. The van der Waals surface area contributed by atoms with Crippen LogP contribution in [0.15, 0.2) is 6.20 Å². The maximum atomic E-state index is 8.78. The molecule has 4 heteroatoms. The molecule has 1 aromatic heterocycles. The normalized spacial score (nSPS) is 16.6. The molecule has 0 unspecified atom stereocenters. The first kappa shape index (κ1) is 7.06. The van der Waals surface area contributed by atoms with Crippen LogP contribution in [0.4, 0.5) is 5.13 Å². The van der Waals surface area contributed by atoms with Crippen LogP contribution in [0.1, 0.15) is 11.3 Å². The number of hydrogen-bond donors (Lipinski definition) is 1. The lowest BCUT2D eigenvalue weighted by Crippen LogP contribution is -2.36. The minimum atomic E-state index is 0.117. The number of anilines is 1. The minimum absolute atomic E-state index is 0.117. The monoisotopic (exact) mass is 170 g/mol.